The molecular weight excluding hydrogens is 515 g/mol. The van der Waals surface area contributed by atoms with E-state index in [9.17, 15) is 17.6 Å². The molecular formula is C27H29FN2O5S2. The maximum Gasteiger partial charge on any atom is 0.338 e. The van der Waals surface area contributed by atoms with E-state index in [4.69, 9.17) is 9.84 Å². The molecule has 1 heterocycles. The summed E-state index contributed by atoms with van der Waals surface area (Å²) in [5.41, 5.74) is 1.33. The Kier molecular flexibility index (Phi) is 7.22. The predicted octanol–water partition coefficient (Wildman–Crippen LogP) is 6.53. The lowest BCUT2D eigenvalue weighted by Crippen LogP contribution is -2.26. The molecule has 1 aromatic heterocycles. The number of aromatic carboxylic acids is 1. The molecule has 2 aromatic carbocycles. The van der Waals surface area contributed by atoms with E-state index in [0.29, 0.717) is 10.9 Å². The van der Waals surface area contributed by atoms with E-state index < -0.39 is 27.4 Å². The van der Waals surface area contributed by atoms with Crippen LogP contribution in [-0.4, -0.2) is 31.6 Å². The van der Waals surface area contributed by atoms with Crippen LogP contribution in [0.15, 0.2) is 46.8 Å². The van der Waals surface area contributed by atoms with Crippen LogP contribution in [0.4, 0.5) is 10.1 Å². The molecule has 3 atom stereocenters. The molecule has 5 rings (SSSR count). The molecule has 3 unspecified atom stereocenters. The zero-order valence-electron chi connectivity index (χ0n) is 20.4. The molecule has 7 nitrogen and oxygen atoms in total. The standard InChI is InChI=1S/C27H29FN2O5S2/c1-35-24-13-21(27(31)32)22(28)14-23(24)30-37(33,34)25-15-36-26(29-25)18-9-6-17(7-10-18)20-11-8-16-4-2-3-5-19(16)12-20/h6-7,9-10,13-16,19-20,30H,2-5,8,11-12H2,1H3,(H,31,32). The van der Waals surface area contributed by atoms with E-state index in [1.54, 1.807) is 0 Å². The fourth-order valence-electron chi connectivity index (χ4n) is 5.75. The molecule has 10 heteroatoms. The van der Waals surface area contributed by atoms with E-state index in [0.717, 1.165) is 29.5 Å². The van der Waals surface area contributed by atoms with Gasteiger partial charge in [0, 0.05) is 17.0 Å². The highest BCUT2D eigenvalue weighted by Crippen LogP contribution is 2.46. The van der Waals surface area contributed by atoms with Crippen LogP contribution in [0.25, 0.3) is 10.6 Å². The smallest absolute Gasteiger partial charge is 0.338 e. The molecule has 0 radical (unpaired) electrons. The molecule has 0 aliphatic heterocycles. The van der Waals surface area contributed by atoms with E-state index in [1.807, 2.05) is 12.1 Å². The largest absolute Gasteiger partial charge is 0.495 e. The second kappa shape index (κ2) is 10.4. The quantitative estimate of drug-likeness (QED) is 0.350. The van der Waals surface area contributed by atoms with Crippen molar-refractivity contribution in [2.24, 2.45) is 11.8 Å². The number of rotatable bonds is 7. The molecule has 2 saturated carbocycles. The molecule has 2 aliphatic carbocycles. The molecule has 2 fully saturated rings. The number of thiazole rings is 1. The highest BCUT2D eigenvalue weighted by molar-refractivity contribution is 7.92. The first-order chi connectivity index (χ1) is 17.7. The van der Waals surface area contributed by atoms with Gasteiger partial charge in [0.1, 0.15) is 16.6 Å². The summed E-state index contributed by atoms with van der Waals surface area (Å²) in [5, 5.41) is 10.9. The van der Waals surface area contributed by atoms with Gasteiger partial charge in [0.05, 0.1) is 18.4 Å². The molecule has 2 N–H and O–H groups in total. The Morgan fingerprint density at radius 2 is 1.84 bits per heavy atom. The number of carboxylic acid groups (broad SMARTS) is 1. The Labute approximate surface area is 219 Å². The average Bonchev–Trinajstić information content (AvgIpc) is 3.40. The first-order valence-electron chi connectivity index (χ1n) is 12.4. The van der Waals surface area contributed by atoms with Crippen LogP contribution in [0.2, 0.25) is 0 Å². The van der Waals surface area contributed by atoms with Gasteiger partial charge in [-0.2, -0.15) is 8.42 Å². The third-order valence-electron chi connectivity index (χ3n) is 7.69. The zero-order valence-corrected chi connectivity index (χ0v) is 22.1. The average molecular weight is 545 g/mol. The maximum atomic E-state index is 14.2. The molecule has 0 saturated heterocycles. The fraction of sp³-hybridized carbons (Fsp3) is 0.407. The van der Waals surface area contributed by atoms with Gasteiger partial charge in [-0.3, -0.25) is 4.72 Å². The Bertz CT molecular complexity index is 1400. The monoisotopic (exact) mass is 544 g/mol. The summed E-state index contributed by atoms with van der Waals surface area (Å²) in [6, 6.07) is 9.97. The van der Waals surface area contributed by atoms with Crippen LogP contribution in [0.3, 0.4) is 0 Å². The van der Waals surface area contributed by atoms with Crippen LogP contribution in [0, 0.1) is 17.7 Å². The molecule has 0 bridgehead atoms. The number of halogens is 1. The zero-order chi connectivity index (χ0) is 26.2. The van der Waals surface area contributed by atoms with Gasteiger partial charge in [0.15, 0.2) is 5.03 Å². The van der Waals surface area contributed by atoms with Crippen molar-refractivity contribution >= 4 is 33.0 Å². The predicted molar refractivity (Wildman–Crippen MR) is 140 cm³/mol. The minimum atomic E-state index is -4.16. The van der Waals surface area contributed by atoms with Gasteiger partial charge in [0.25, 0.3) is 10.0 Å². The summed E-state index contributed by atoms with van der Waals surface area (Å²) >= 11 is 1.20. The van der Waals surface area contributed by atoms with Crippen molar-refractivity contribution in [3.05, 3.63) is 58.7 Å². The van der Waals surface area contributed by atoms with Gasteiger partial charge in [-0.15, -0.1) is 11.3 Å². The van der Waals surface area contributed by atoms with Crippen LogP contribution < -0.4 is 9.46 Å². The van der Waals surface area contributed by atoms with Gasteiger partial charge >= 0.3 is 5.97 Å². The highest BCUT2D eigenvalue weighted by atomic mass is 32.2. The van der Waals surface area contributed by atoms with Crippen molar-refractivity contribution in [3.8, 4) is 16.3 Å². The number of hydrogen-bond donors (Lipinski definition) is 2. The van der Waals surface area contributed by atoms with Crippen molar-refractivity contribution in [1.82, 2.24) is 4.98 Å². The van der Waals surface area contributed by atoms with E-state index in [1.165, 1.54) is 74.3 Å². The van der Waals surface area contributed by atoms with Crippen molar-refractivity contribution in [2.45, 2.75) is 55.9 Å². The number of nitrogens with zero attached hydrogens (tertiary/aromatic N) is 1. The molecule has 37 heavy (non-hydrogen) atoms. The highest BCUT2D eigenvalue weighted by Gasteiger charge is 2.32. The number of methoxy groups -OCH3 is 1. The maximum absolute atomic E-state index is 14.2. The lowest BCUT2D eigenvalue weighted by Gasteiger charge is -2.39. The summed E-state index contributed by atoms with van der Waals surface area (Å²) in [5.74, 6) is -0.355. The SMILES string of the molecule is COc1cc(C(=O)O)c(F)cc1NS(=O)(=O)c1csc(-c2ccc(C3CCC4CCCCC4C3)cc2)n1. The van der Waals surface area contributed by atoms with Crippen molar-refractivity contribution in [2.75, 3.05) is 11.8 Å². The van der Waals surface area contributed by atoms with E-state index >= 15 is 0 Å². The first kappa shape index (κ1) is 25.7. The molecule has 0 amide bonds. The van der Waals surface area contributed by atoms with Gasteiger partial charge in [-0.1, -0.05) is 49.9 Å². The van der Waals surface area contributed by atoms with Crippen LogP contribution in [0.5, 0.6) is 5.75 Å². The fourth-order valence-corrected chi connectivity index (χ4v) is 7.91. The number of benzene rings is 2. The molecule has 3 aromatic rings. The van der Waals surface area contributed by atoms with Gasteiger partial charge < -0.3 is 9.84 Å². The van der Waals surface area contributed by atoms with Crippen molar-refractivity contribution in [1.29, 1.82) is 0 Å². The van der Waals surface area contributed by atoms with Crippen LogP contribution in [-0.2, 0) is 10.0 Å². The van der Waals surface area contributed by atoms with Crippen molar-refractivity contribution < 1.29 is 27.4 Å². The number of aromatic nitrogens is 1. The normalized spacial score (nSPS) is 21.7. The number of anilines is 1. The Morgan fingerprint density at radius 1 is 1.11 bits per heavy atom. The summed E-state index contributed by atoms with van der Waals surface area (Å²) < 4.78 is 47.4. The number of carbonyl (C=O) groups is 1. The third kappa shape index (κ3) is 5.36. The Morgan fingerprint density at radius 3 is 2.54 bits per heavy atom. The Hall–Kier alpha value is -2.98. The lowest BCUT2D eigenvalue weighted by molar-refractivity contribution is 0.0691. The topological polar surface area (TPSA) is 106 Å². The number of ether oxygens (including phenoxy) is 1. The summed E-state index contributed by atoms with van der Waals surface area (Å²) in [4.78, 5) is 15.5. The summed E-state index contributed by atoms with van der Waals surface area (Å²) in [6.45, 7) is 0. The molecule has 196 valence electrons. The summed E-state index contributed by atoms with van der Waals surface area (Å²) in [7, 11) is -2.93. The molecule has 0 spiro atoms. The number of sulfonamides is 1. The number of carboxylic acids is 1. The van der Waals surface area contributed by atoms with Gasteiger partial charge in [-0.05, 0) is 48.6 Å². The number of hydrogen-bond acceptors (Lipinski definition) is 6. The Balaban J connectivity index is 1.31. The third-order valence-corrected chi connectivity index (χ3v) is 9.98. The first-order valence-corrected chi connectivity index (χ1v) is 14.8. The van der Waals surface area contributed by atoms with Gasteiger partial charge in [-0.25, -0.2) is 14.2 Å². The van der Waals surface area contributed by atoms with E-state index in [-0.39, 0.29) is 16.5 Å². The van der Waals surface area contributed by atoms with Gasteiger partial charge in [0.2, 0.25) is 0 Å². The van der Waals surface area contributed by atoms with Crippen molar-refractivity contribution in [3.63, 3.8) is 0 Å². The van der Waals surface area contributed by atoms with Crippen LogP contribution in [0.1, 0.15) is 66.8 Å². The van der Waals surface area contributed by atoms with E-state index in [2.05, 4.69) is 21.8 Å². The minimum absolute atomic E-state index is 0.115. The van der Waals surface area contributed by atoms with Crippen LogP contribution >= 0.6 is 11.3 Å². The molecule has 2 aliphatic rings. The summed E-state index contributed by atoms with van der Waals surface area (Å²) in [6.07, 6.45) is 9.26. The minimum Gasteiger partial charge on any atom is -0.495 e. The number of nitrogens with one attached hydrogen (secondary N) is 1. The second-order valence-corrected chi connectivity index (χ2v) is 12.4. The second-order valence-electron chi connectivity index (χ2n) is 9.87. The lowest BCUT2D eigenvalue weighted by atomic mass is 9.66. The number of fused-ring (bicyclic) bond motifs is 1.